The third-order valence-corrected chi connectivity index (χ3v) is 6.62. The van der Waals surface area contributed by atoms with Crippen LogP contribution in [0.5, 0.6) is 5.88 Å². The first-order valence-electron chi connectivity index (χ1n) is 11.9. The Balaban J connectivity index is 2.83. The number of ether oxygens (including phenoxy) is 1. The summed E-state index contributed by atoms with van der Waals surface area (Å²) in [5.74, 6) is 5.70. The van der Waals surface area contributed by atoms with E-state index in [0.29, 0.717) is 23.8 Å². The minimum absolute atomic E-state index is 0.0870. The Morgan fingerprint density at radius 1 is 1.15 bits per heavy atom. The zero-order valence-corrected chi connectivity index (χ0v) is 22.3. The minimum atomic E-state index is -1.60. The molecule has 0 aliphatic rings. The molecule has 4 N–H and O–H groups in total. The van der Waals surface area contributed by atoms with Gasteiger partial charge in [-0.2, -0.15) is 17.7 Å². The van der Waals surface area contributed by atoms with Crippen LogP contribution < -0.4 is 16.4 Å². The Labute approximate surface area is 207 Å². The van der Waals surface area contributed by atoms with Crippen molar-refractivity contribution in [3.8, 4) is 17.1 Å². The monoisotopic (exact) mass is 489 g/mol. The van der Waals surface area contributed by atoms with Crippen molar-refractivity contribution < 1.29 is 14.4 Å². The zero-order chi connectivity index (χ0) is 25.5. The minimum Gasteiger partial charge on any atom is -0.473 e. The molecule has 2 aromatic heterocycles. The molecule has 0 saturated heterocycles. The van der Waals surface area contributed by atoms with Crippen LogP contribution in [-0.2, 0) is 21.6 Å². The highest BCUT2D eigenvalue weighted by atomic mass is 32.2. The smallest absolute Gasteiger partial charge is 0.351 e. The Hall–Kier alpha value is -2.23. The topological polar surface area (TPSA) is 126 Å². The predicted octanol–water partition coefficient (Wildman–Crippen LogP) is 4.42. The lowest BCUT2D eigenvalue weighted by Gasteiger charge is -2.29. The summed E-state index contributed by atoms with van der Waals surface area (Å²) in [5.41, 5.74) is 9.40. The Morgan fingerprint density at radius 3 is 2.32 bits per heavy atom. The molecule has 34 heavy (non-hydrogen) atoms. The lowest BCUT2D eigenvalue weighted by molar-refractivity contribution is -0.151. The molecule has 0 spiro atoms. The first kappa shape index (κ1) is 28.0. The van der Waals surface area contributed by atoms with Crippen molar-refractivity contribution in [2.24, 2.45) is 11.6 Å². The highest BCUT2D eigenvalue weighted by molar-refractivity contribution is 7.98. The number of aromatic nitrogens is 3. The molecule has 0 amide bonds. The van der Waals surface area contributed by atoms with Crippen LogP contribution >= 0.6 is 11.8 Å². The van der Waals surface area contributed by atoms with Crippen molar-refractivity contribution in [1.82, 2.24) is 15.0 Å². The third-order valence-electron chi connectivity index (χ3n) is 6.01. The number of pyridine rings is 1. The van der Waals surface area contributed by atoms with Crippen molar-refractivity contribution in [2.75, 3.05) is 12.0 Å². The molecule has 2 aromatic rings. The van der Waals surface area contributed by atoms with E-state index in [1.54, 1.807) is 11.8 Å². The van der Waals surface area contributed by atoms with E-state index in [1.165, 1.54) is 0 Å². The normalized spacial score (nSPS) is 13.3. The Bertz CT molecular complexity index is 981. The molecule has 2 heterocycles. The van der Waals surface area contributed by atoms with Crippen LogP contribution in [0.3, 0.4) is 0 Å². The molecule has 0 bridgehead atoms. The summed E-state index contributed by atoms with van der Waals surface area (Å²) in [7, 11) is 0. The number of thioether (sulfide) groups is 1. The highest BCUT2D eigenvalue weighted by Crippen LogP contribution is 2.35. The standard InChI is InChI=1S/C25H39N5O3S/c1-8-17(9-2)32-23-22(25(26,13-14-34-7)24(31)33-27)30-21(19(10-3)29-23)18-11-12-20(15(4)5)28-16(18)6/h11-12,15,17H,8-10,13-14,26-27H2,1-7H3. The van der Waals surface area contributed by atoms with E-state index in [-0.39, 0.29) is 24.1 Å². The number of hydrogen-bond acceptors (Lipinski definition) is 9. The molecular weight excluding hydrogens is 450 g/mol. The van der Waals surface area contributed by atoms with Crippen LogP contribution in [0.15, 0.2) is 12.1 Å². The second-order valence-electron chi connectivity index (χ2n) is 8.73. The number of rotatable bonds is 12. The summed E-state index contributed by atoms with van der Waals surface area (Å²) >= 11 is 1.57. The van der Waals surface area contributed by atoms with Gasteiger partial charge in [-0.1, -0.05) is 34.6 Å². The van der Waals surface area contributed by atoms with Crippen molar-refractivity contribution >= 4 is 17.7 Å². The molecule has 9 heteroatoms. The fourth-order valence-corrected chi connectivity index (χ4v) is 4.26. The number of nitrogens with zero attached hydrogens (tertiary/aromatic N) is 3. The van der Waals surface area contributed by atoms with Gasteiger partial charge in [0.15, 0.2) is 5.54 Å². The van der Waals surface area contributed by atoms with Gasteiger partial charge in [0, 0.05) is 17.0 Å². The van der Waals surface area contributed by atoms with Crippen LogP contribution in [0.1, 0.15) is 82.6 Å². The molecule has 1 atom stereocenters. The van der Waals surface area contributed by atoms with Crippen molar-refractivity contribution in [2.45, 2.75) is 84.8 Å². The van der Waals surface area contributed by atoms with E-state index in [0.717, 1.165) is 35.5 Å². The molecule has 0 radical (unpaired) electrons. The van der Waals surface area contributed by atoms with E-state index >= 15 is 0 Å². The van der Waals surface area contributed by atoms with Gasteiger partial charge in [0.2, 0.25) is 5.88 Å². The molecule has 0 aliphatic heterocycles. The number of hydrogen-bond donors (Lipinski definition) is 2. The molecular formula is C25H39N5O3S. The van der Waals surface area contributed by atoms with Crippen LogP contribution in [0, 0.1) is 6.92 Å². The first-order chi connectivity index (χ1) is 16.2. The maximum atomic E-state index is 12.9. The maximum absolute atomic E-state index is 12.9. The SMILES string of the molecule is CCc1nc(OC(CC)CC)c(C(N)(CCSC)C(=O)ON)nc1-c1ccc(C(C)C)nc1C. The summed E-state index contributed by atoms with van der Waals surface area (Å²) < 4.78 is 6.25. The third kappa shape index (κ3) is 6.06. The predicted molar refractivity (Wildman–Crippen MR) is 138 cm³/mol. The summed E-state index contributed by atoms with van der Waals surface area (Å²) in [6.07, 6.45) is 4.31. The van der Waals surface area contributed by atoms with E-state index in [1.807, 2.05) is 46.1 Å². The van der Waals surface area contributed by atoms with Crippen LogP contribution in [0.25, 0.3) is 11.3 Å². The summed E-state index contributed by atoms with van der Waals surface area (Å²) in [4.78, 5) is 32.1. The number of carbonyl (C=O) groups is 1. The molecule has 0 aromatic carbocycles. The highest BCUT2D eigenvalue weighted by Gasteiger charge is 2.43. The van der Waals surface area contributed by atoms with Gasteiger partial charge >= 0.3 is 5.97 Å². The average Bonchev–Trinajstić information content (AvgIpc) is 2.84. The lowest BCUT2D eigenvalue weighted by Crippen LogP contribution is -2.49. The fraction of sp³-hybridized carbons (Fsp3) is 0.600. The second kappa shape index (κ2) is 12.5. The summed E-state index contributed by atoms with van der Waals surface area (Å²) in [5, 5.41) is 0. The van der Waals surface area contributed by atoms with Gasteiger partial charge in [0.1, 0.15) is 5.69 Å². The Kier molecular flexibility index (Phi) is 10.3. The van der Waals surface area contributed by atoms with E-state index in [9.17, 15) is 4.79 Å². The lowest BCUT2D eigenvalue weighted by atomic mass is 9.92. The van der Waals surface area contributed by atoms with Crippen LogP contribution in [0.2, 0.25) is 0 Å². The summed E-state index contributed by atoms with van der Waals surface area (Å²) in [6.45, 7) is 12.3. The van der Waals surface area contributed by atoms with Crippen LogP contribution in [-0.4, -0.2) is 39.0 Å². The number of carbonyl (C=O) groups excluding carboxylic acids is 1. The second-order valence-corrected chi connectivity index (χ2v) is 9.71. The van der Waals surface area contributed by atoms with Gasteiger partial charge in [-0.3, -0.25) is 4.98 Å². The van der Waals surface area contributed by atoms with Gasteiger partial charge < -0.3 is 15.3 Å². The van der Waals surface area contributed by atoms with E-state index < -0.39 is 11.5 Å². The van der Waals surface area contributed by atoms with Gasteiger partial charge in [-0.15, -0.1) is 0 Å². The maximum Gasteiger partial charge on any atom is 0.351 e. The molecule has 8 nitrogen and oxygen atoms in total. The molecule has 0 saturated carbocycles. The zero-order valence-electron chi connectivity index (χ0n) is 21.5. The fourth-order valence-electron chi connectivity index (χ4n) is 3.74. The molecule has 2 rings (SSSR count). The quantitative estimate of drug-likeness (QED) is 0.416. The Morgan fingerprint density at radius 2 is 1.82 bits per heavy atom. The van der Waals surface area contributed by atoms with Crippen molar-refractivity contribution in [3.05, 3.63) is 34.9 Å². The van der Waals surface area contributed by atoms with Gasteiger partial charge in [-0.25, -0.2) is 14.8 Å². The molecule has 0 aliphatic carbocycles. The van der Waals surface area contributed by atoms with Gasteiger partial charge in [0.25, 0.3) is 0 Å². The number of aryl methyl sites for hydroxylation is 2. The molecule has 0 fully saturated rings. The van der Waals surface area contributed by atoms with E-state index in [4.69, 9.17) is 31.3 Å². The largest absolute Gasteiger partial charge is 0.473 e. The van der Waals surface area contributed by atoms with Gasteiger partial charge in [0.05, 0.1) is 17.5 Å². The molecule has 188 valence electrons. The molecule has 1 unspecified atom stereocenters. The summed E-state index contributed by atoms with van der Waals surface area (Å²) in [6, 6.07) is 4.01. The van der Waals surface area contributed by atoms with Crippen molar-refractivity contribution in [1.29, 1.82) is 0 Å². The average molecular weight is 490 g/mol. The van der Waals surface area contributed by atoms with Gasteiger partial charge in [-0.05, 0) is 62.7 Å². The first-order valence-corrected chi connectivity index (χ1v) is 13.3. The van der Waals surface area contributed by atoms with Crippen molar-refractivity contribution in [3.63, 3.8) is 0 Å². The van der Waals surface area contributed by atoms with Crippen LogP contribution in [0.4, 0.5) is 0 Å². The van der Waals surface area contributed by atoms with E-state index in [2.05, 4.69) is 18.7 Å². The number of nitrogens with two attached hydrogens (primary N) is 2.